The maximum Gasteiger partial charge on any atom is 0.152 e. The fourth-order valence-electron chi connectivity index (χ4n) is 0. The summed E-state index contributed by atoms with van der Waals surface area (Å²) in [4.78, 5) is 0. The van der Waals surface area contributed by atoms with E-state index >= 15 is 0 Å². The highest BCUT2D eigenvalue weighted by atomic mass is 16.5. The predicted octanol–water partition coefficient (Wildman–Crippen LogP) is 0.579. The van der Waals surface area contributed by atoms with Crippen LogP contribution in [0.1, 0.15) is 0 Å². The van der Waals surface area contributed by atoms with Crippen LogP contribution < -0.4 is 0 Å². The van der Waals surface area contributed by atoms with Crippen LogP contribution in [0.3, 0.4) is 0 Å². The van der Waals surface area contributed by atoms with E-state index in [0.717, 1.165) is 0 Å². The molecule has 23 valence electrons. The van der Waals surface area contributed by atoms with Crippen molar-refractivity contribution in [2.24, 2.45) is 0 Å². The summed E-state index contributed by atoms with van der Waals surface area (Å²) in [6.07, 6.45) is 2.18. The first-order valence-electron chi connectivity index (χ1n) is 0.966. The highest BCUT2D eigenvalue weighted by molar-refractivity contribution is 4.28. The number of methoxy groups -OCH3 is 1. The van der Waals surface area contributed by atoms with E-state index in [9.17, 15) is 0 Å². The highest BCUT2D eigenvalue weighted by Gasteiger charge is 1.39. The minimum atomic E-state index is 1.51. The topological polar surface area (TPSA) is 9.23 Å². The molecule has 0 spiro atoms. The van der Waals surface area contributed by atoms with Gasteiger partial charge in [-0.2, -0.15) is 0 Å². The molecule has 0 aromatic heterocycles. The summed E-state index contributed by atoms with van der Waals surface area (Å²) in [5.74, 6) is 0. The summed E-state index contributed by atoms with van der Waals surface area (Å²) in [5, 5.41) is 0. The number of hydrogen-bond acceptors (Lipinski definition) is 1. The van der Waals surface area contributed by atoms with E-state index in [2.05, 4.69) is 17.6 Å². The summed E-state index contributed by atoms with van der Waals surface area (Å²) >= 11 is 0. The largest absolute Gasteiger partial charge is 0.494 e. The van der Waals surface area contributed by atoms with E-state index in [-0.39, 0.29) is 0 Å². The molecular weight excluding hydrogens is 52.0 g/mol. The molecule has 0 amide bonds. The van der Waals surface area contributed by atoms with Crippen molar-refractivity contribution in [1.82, 2.24) is 0 Å². The molecule has 0 saturated heterocycles. The zero-order valence-electron chi connectivity index (χ0n) is 2.62. The SMILES string of the molecule is C=[C]OC. The first kappa shape index (κ1) is 3.54. The van der Waals surface area contributed by atoms with Gasteiger partial charge in [-0.1, -0.05) is 6.58 Å². The molecule has 0 saturated carbocycles. The van der Waals surface area contributed by atoms with Crippen molar-refractivity contribution in [1.29, 1.82) is 0 Å². The van der Waals surface area contributed by atoms with Crippen LogP contribution in [0.2, 0.25) is 0 Å². The summed E-state index contributed by atoms with van der Waals surface area (Å²) in [7, 11) is 1.51. The molecule has 0 rings (SSSR count). The Kier molecular flexibility index (Phi) is 2.25. The highest BCUT2D eigenvalue weighted by Crippen LogP contribution is 1.49. The Labute approximate surface area is 25.9 Å². The van der Waals surface area contributed by atoms with Crippen LogP contribution in [0, 0.1) is 6.26 Å². The molecule has 0 fully saturated rings. The number of ether oxygens (including phenoxy) is 1. The second kappa shape index (κ2) is 2.54. The Balaban J connectivity index is 2.30. The zero-order valence-corrected chi connectivity index (χ0v) is 2.62. The van der Waals surface area contributed by atoms with Crippen molar-refractivity contribution < 1.29 is 4.74 Å². The lowest BCUT2D eigenvalue weighted by atomic mass is 11.2. The summed E-state index contributed by atoms with van der Waals surface area (Å²) < 4.78 is 4.18. The lowest BCUT2D eigenvalue weighted by molar-refractivity contribution is 0.315. The molecule has 4 heavy (non-hydrogen) atoms. The molecule has 0 heterocycles. The van der Waals surface area contributed by atoms with Crippen molar-refractivity contribution in [2.45, 2.75) is 0 Å². The average Bonchev–Trinajstić information content (AvgIpc) is 1.37. The first-order valence-corrected chi connectivity index (χ1v) is 0.966. The van der Waals surface area contributed by atoms with Crippen molar-refractivity contribution >= 4 is 0 Å². The van der Waals surface area contributed by atoms with E-state index in [1.54, 1.807) is 0 Å². The molecule has 1 radical (unpaired) electrons. The van der Waals surface area contributed by atoms with E-state index < -0.39 is 0 Å². The Hall–Kier alpha value is -0.460. The molecule has 0 aliphatic carbocycles. The van der Waals surface area contributed by atoms with Crippen molar-refractivity contribution in [3.8, 4) is 0 Å². The minimum Gasteiger partial charge on any atom is -0.494 e. The van der Waals surface area contributed by atoms with Gasteiger partial charge >= 0.3 is 0 Å². The van der Waals surface area contributed by atoms with Gasteiger partial charge in [0, 0.05) is 0 Å². The van der Waals surface area contributed by atoms with Gasteiger partial charge < -0.3 is 4.74 Å². The van der Waals surface area contributed by atoms with Gasteiger partial charge in [0.25, 0.3) is 0 Å². The molecule has 0 bridgehead atoms. The Morgan fingerprint density at radius 2 is 2.25 bits per heavy atom. The molecule has 1 heteroatoms. The molecule has 0 unspecified atom stereocenters. The maximum atomic E-state index is 4.18. The second-order valence-electron chi connectivity index (χ2n) is 0.348. The van der Waals surface area contributed by atoms with Gasteiger partial charge in [-0.15, -0.1) is 0 Å². The van der Waals surface area contributed by atoms with Crippen molar-refractivity contribution in [3.63, 3.8) is 0 Å². The third-order valence-electron chi connectivity index (χ3n) is 0.144. The monoisotopic (exact) mass is 57.0 g/mol. The van der Waals surface area contributed by atoms with Gasteiger partial charge in [0.05, 0.1) is 7.11 Å². The molecule has 0 aliphatic rings. The van der Waals surface area contributed by atoms with Crippen LogP contribution in [0.25, 0.3) is 0 Å². The molecule has 0 N–H and O–H groups in total. The predicted molar refractivity (Wildman–Crippen MR) is 15.9 cm³/mol. The summed E-state index contributed by atoms with van der Waals surface area (Å²) in [6, 6.07) is 0. The van der Waals surface area contributed by atoms with Crippen LogP contribution in [0.5, 0.6) is 0 Å². The summed E-state index contributed by atoms with van der Waals surface area (Å²) in [6.45, 7) is 3.13. The van der Waals surface area contributed by atoms with E-state index in [4.69, 9.17) is 0 Å². The number of rotatable bonds is 1. The molecule has 0 aromatic rings. The quantitative estimate of drug-likeness (QED) is 0.400. The van der Waals surface area contributed by atoms with Gasteiger partial charge in [-0.25, -0.2) is 0 Å². The third-order valence-corrected chi connectivity index (χ3v) is 0.144. The van der Waals surface area contributed by atoms with E-state index in [1.807, 2.05) is 0 Å². The zero-order chi connectivity index (χ0) is 3.41. The smallest absolute Gasteiger partial charge is 0.152 e. The minimum absolute atomic E-state index is 1.51. The number of hydrogen-bond donors (Lipinski definition) is 0. The Morgan fingerprint density at radius 1 is 2.00 bits per heavy atom. The standard InChI is InChI=1S/C3H5O/c1-3-4-2/h1H2,2H3. The Bertz CT molecular complexity index is 17.2. The lowest BCUT2D eigenvalue weighted by Gasteiger charge is -1.70. The van der Waals surface area contributed by atoms with Gasteiger partial charge in [-0.05, 0) is 0 Å². The van der Waals surface area contributed by atoms with Gasteiger partial charge in [0.1, 0.15) is 0 Å². The third kappa shape index (κ3) is 1.54. The molecular formula is C3H5O. The Morgan fingerprint density at radius 3 is 2.25 bits per heavy atom. The van der Waals surface area contributed by atoms with E-state index in [1.165, 1.54) is 7.11 Å². The van der Waals surface area contributed by atoms with Crippen LogP contribution in [-0.4, -0.2) is 7.11 Å². The first-order chi connectivity index (χ1) is 1.91. The van der Waals surface area contributed by atoms with Crippen LogP contribution in [0.4, 0.5) is 0 Å². The summed E-state index contributed by atoms with van der Waals surface area (Å²) in [5.41, 5.74) is 0. The van der Waals surface area contributed by atoms with Crippen LogP contribution >= 0.6 is 0 Å². The lowest BCUT2D eigenvalue weighted by Crippen LogP contribution is -1.55. The normalized spacial score (nSPS) is 5.25. The maximum absolute atomic E-state index is 4.18. The van der Waals surface area contributed by atoms with Crippen LogP contribution in [-0.2, 0) is 4.74 Å². The van der Waals surface area contributed by atoms with E-state index in [0.29, 0.717) is 0 Å². The fraction of sp³-hybridized carbons (Fsp3) is 0.333. The van der Waals surface area contributed by atoms with Crippen LogP contribution in [0.15, 0.2) is 6.58 Å². The molecule has 0 atom stereocenters. The average molecular weight is 57.1 g/mol. The molecule has 1 nitrogen and oxygen atoms in total. The van der Waals surface area contributed by atoms with Crippen molar-refractivity contribution in [3.05, 3.63) is 12.8 Å². The van der Waals surface area contributed by atoms with Gasteiger partial charge in [0.15, 0.2) is 6.26 Å². The van der Waals surface area contributed by atoms with Gasteiger partial charge in [-0.3, -0.25) is 0 Å². The molecule has 0 aromatic carbocycles. The second-order valence-corrected chi connectivity index (χ2v) is 0.348. The van der Waals surface area contributed by atoms with Gasteiger partial charge in [0.2, 0.25) is 0 Å². The molecule has 0 aliphatic heterocycles. The fourth-order valence-corrected chi connectivity index (χ4v) is 0. The van der Waals surface area contributed by atoms with Crippen molar-refractivity contribution in [2.75, 3.05) is 7.11 Å².